The molecule has 1 saturated heterocycles. The van der Waals surface area contributed by atoms with E-state index in [9.17, 15) is 0 Å². The highest BCUT2D eigenvalue weighted by Crippen LogP contribution is 2.27. The summed E-state index contributed by atoms with van der Waals surface area (Å²) in [5, 5.41) is 4.10. The van der Waals surface area contributed by atoms with Gasteiger partial charge in [0.1, 0.15) is 0 Å². The Balaban J connectivity index is 1.85. The molecule has 0 saturated carbocycles. The summed E-state index contributed by atoms with van der Waals surface area (Å²) in [4.78, 5) is 6.70. The van der Waals surface area contributed by atoms with Crippen molar-refractivity contribution >= 4 is 27.6 Å². The SMILES string of the molecule is Nc1cc(Br)cc(-c2nc(N3CCCCCC3)no2)c1. The molecule has 2 heterocycles. The van der Waals surface area contributed by atoms with Crippen LogP contribution in [0.1, 0.15) is 25.7 Å². The van der Waals surface area contributed by atoms with Crippen LogP contribution in [0.2, 0.25) is 0 Å². The molecule has 1 fully saturated rings. The number of nitrogen functional groups attached to an aromatic ring is 1. The molecule has 3 rings (SSSR count). The molecule has 0 spiro atoms. The monoisotopic (exact) mass is 336 g/mol. The molecule has 0 unspecified atom stereocenters. The maximum Gasteiger partial charge on any atom is 0.266 e. The molecule has 0 atom stereocenters. The Hall–Kier alpha value is -1.56. The van der Waals surface area contributed by atoms with E-state index in [4.69, 9.17) is 10.3 Å². The second kappa shape index (κ2) is 5.83. The van der Waals surface area contributed by atoms with Crippen LogP contribution in [0, 0.1) is 0 Å². The number of halogens is 1. The van der Waals surface area contributed by atoms with Crippen molar-refractivity contribution in [1.29, 1.82) is 0 Å². The van der Waals surface area contributed by atoms with Gasteiger partial charge in [-0.2, -0.15) is 4.98 Å². The predicted molar refractivity (Wildman–Crippen MR) is 82.5 cm³/mol. The third-order valence-corrected chi connectivity index (χ3v) is 3.93. The fourth-order valence-electron chi connectivity index (χ4n) is 2.47. The van der Waals surface area contributed by atoms with Gasteiger partial charge in [-0.3, -0.25) is 0 Å². The summed E-state index contributed by atoms with van der Waals surface area (Å²) < 4.78 is 6.28. The van der Waals surface area contributed by atoms with Crippen LogP contribution >= 0.6 is 15.9 Å². The third kappa shape index (κ3) is 2.95. The zero-order chi connectivity index (χ0) is 13.9. The highest BCUT2D eigenvalue weighted by molar-refractivity contribution is 9.10. The number of hydrogen-bond donors (Lipinski definition) is 1. The van der Waals surface area contributed by atoms with Crippen LogP contribution in [0.5, 0.6) is 0 Å². The molecular weight excluding hydrogens is 320 g/mol. The second-order valence-electron chi connectivity index (χ2n) is 5.07. The Morgan fingerprint density at radius 1 is 1.10 bits per heavy atom. The van der Waals surface area contributed by atoms with E-state index in [1.807, 2.05) is 18.2 Å². The van der Waals surface area contributed by atoms with Gasteiger partial charge in [0.05, 0.1) is 0 Å². The van der Waals surface area contributed by atoms with E-state index < -0.39 is 0 Å². The molecular formula is C14H17BrN4O. The Morgan fingerprint density at radius 2 is 1.85 bits per heavy atom. The number of benzene rings is 1. The van der Waals surface area contributed by atoms with Crippen LogP contribution in [0.15, 0.2) is 27.2 Å². The maximum absolute atomic E-state index is 5.84. The highest BCUT2D eigenvalue weighted by atomic mass is 79.9. The number of nitrogens with zero attached hydrogens (tertiary/aromatic N) is 3. The standard InChI is InChI=1S/C14H17BrN4O/c15-11-7-10(8-12(16)9-11)13-17-14(18-20-13)19-5-3-1-2-4-6-19/h7-9H,1-6,16H2. The van der Waals surface area contributed by atoms with Gasteiger partial charge in [-0.15, -0.1) is 0 Å². The highest BCUT2D eigenvalue weighted by Gasteiger charge is 2.17. The first kappa shape index (κ1) is 13.4. The lowest BCUT2D eigenvalue weighted by molar-refractivity contribution is 0.429. The molecule has 2 aromatic rings. The molecule has 0 radical (unpaired) electrons. The molecule has 1 aromatic carbocycles. The van der Waals surface area contributed by atoms with Crippen LogP contribution in [0.3, 0.4) is 0 Å². The lowest BCUT2D eigenvalue weighted by atomic mass is 10.2. The van der Waals surface area contributed by atoms with Crippen molar-refractivity contribution in [3.8, 4) is 11.5 Å². The van der Waals surface area contributed by atoms with Crippen LogP contribution in [-0.2, 0) is 0 Å². The molecule has 5 nitrogen and oxygen atoms in total. The minimum atomic E-state index is 0.511. The first-order valence-corrected chi connectivity index (χ1v) is 7.67. The number of nitrogens with two attached hydrogens (primary N) is 1. The number of rotatable bonds is 2. The van der Waals surface area contributed by atoms with Gasteiger partial charge in [0.2, 0.25) is 0 Å². The fourth-order valence-corrected chi connectivity index (χ4v) is 2.98. The molecule has 0 aliphatic carbocycles. The van der Waals surface area contributed by atoms with E-state index >= 15 is 0 Å². The predicted octanol–water partition coefficient (Wildman–Crippen LogP) is 3.46. The van der Waals surface area contributed by atoms with Gasteiger partial charge < -0.3 is 15.2 Å². The van der Waals surface area contributed by atoms with Crippen molar-refractivity contribution in [3.63, 3.8) is 0 Å². The van der Waals surface area contributed by atoms with Gasteiger partial charge in [0, 0.05) is 28.8 Å². The second-order valence-corrected chi connectivity index (χ2v) is 5.99. The van der Waals surface area contributed by atoms with Crippen LogP contribution in [0.4, 0.5) is 11.6 Å². The first-order valence-electron chi connectivity index (χ1n) is 6.87. The molecule has 0 bridgehead atoms. The van der Waals surface area contributed by atoms with Gasteiger partial charge in [-0.05, 0) is 36.2 Å². The molecule has 1 aliphatic rings. The average molecular weight is 337 g/mol. The van der Waals surface area contributed by atoms with E-state index in [0.29, 0.717) is 17.5 Å². The summed E-state index contributed by atoms with van der Waals surface area (Å²) in [7, 11) is 0. The van der Waals surface area contributed by atoms with E-state index in [2.05, 4.69) is 31.0 Å². The van der Waals surface area contributed by atoms with E-state index in [1.165, 1.54) is 25.7 Å². The maximum atomic E-state index is 5.84. The Bertz CT molecular complexity index is 570. The minimum absolute atomic E-state index is 0.511. The van der Waals surface area contributed by atoms with Gasteiger partial charge >= 0.3 is 0 Å². The molecule has 6 heteroatoms. The van der Waals surface area contributed by atoms with Crippen molar-refractivity contribution < 1.29 is 4.52 Å². The van der Waals surface area contributed by atoms with E-state index in [-0.39, 0.29) is 0 Å². The Kier molecular flexibility index (Phi) is 3.91. The van der Waals surface area contributed by atoms with Gasteiger partial charge in [-0.1, -0.05) is 28.8 Å². The summed E-state index contributed by atoms with van der Waals surface area (Å²) in [6.45, 7) is 2.00. The molecule has 2 N–H and O–H groups in total. The van der Waals surface area contributed by atoms with Crippen LogP contribution < -0.4 is 10.6 Å². The number of hydrogen-bond acceptors (Lipinski definition) is 5. The van der Waals surface area contributed by atoms with E-state index in [1.54, 1.807) is 0 Å². The van der Waals surface area contributed by atoms with E-state index in [0.717, 1.165) is 23.1 Å². The molecule has 106 valence electrons. The Labute approximate surface area is 126 Å². The normalized spacial score (nSPS) is 16.1. The largest absolute Gasteiger partial charge is 0.399 e. The lowest BCUT2D eigenvalue weighted by Gasteiger charge is -2.16. The number of aromatic nitrogens is 2. The van der Waals surface area contributed by atoms with Gasteiger partial charge in [0.15, 0.2) is 0 Å². The zero-order valence-electron chi connectivity index (χ0n) is 11.2. The topological polar surface area (TPSA) is 68.2 Å². The average Bonchev–Trinajstić information content (AvgIpc) is 2.74. The lowest BCUT2D eigenvalue weighted by Crippen LogP contribution is -2.24. The minimum Gasteiger partial charge on any atom is -0.399 e. The van der Waals surface area contributed by atoms with Gasteiger partial charge in [0.25, 0.3) is 11.8 Å². The molecule has 1 aliphatic heterocycles. The zero-order valence-corrected chi connectivity index (χ0v) is 12.8. The Morgan fingerprint density at radius 3 is 2.55 bits per heavy atom. The van der Waals surface area contributed by atoms with Crippen LogP contribution in [-0.4, -0.2) is 23.2 Å². The van der Waals surface area contributed by atoms with Crippen molar-refractivity contribution in [2.45, 2.75) is 25.7 Å². The van der Waals surface area contributed by atoms with Crippen molar-refractivity contribution in [2.75, 3.05) is 23.7 Å². The van der Waals surface area contributed by atoms with Crippen LogP contribution in [0.25, 0.3) is 11.5 Å². The van der Waals surface area contributed by atoms with Crippen molar-refractivity contribution in [3.05, 3.63) is 22.7 Å². The summed E-state index contributed by atoms with van der Waals surface area (Å²) >= 11 is 3.42. The summed E-state index contributed by atoms with van der Waals surface area (Å²) in [6.07, 6.45) is 4.94. The third-order valence-electron chi connectivity index (χ3n) is 3.47. The fraction of sp³-hybridized carbons (Fsp3) is 0.429. The molecule has 20 heavy (non-hydrogen) atoms. The summed E-state index contributed by atoms with van der Waals surface area (Å²) in [6, 6.07) is 5.61. The smallest absolute Gasteiger partial charge is 0.266 e. The molecule has 0 amide bonds. The summed E-state index contributed by atoms with van der Waals surface area (Å²) in [5.41, 5.74) is 7.35. The van der Waals surface area contributed by atoms with Crippen molar-refractivity contribution in [1.82, 2.24) is 10.1 Å². The van der Waals surface area contributed by atoms with Crippen molar-refractivity contribution in [2.24, 2.45) is 0 Å². The quantitative estimate of drug-likeness (QED) is 0.850. The molecule has 1 aromatic heterocycles. The summed E-state index contributed by atoms with van der Waals surface area (Å²) in [5.74, 6) is 1.19. The number of anilines is 2. The first-order chi connectivity index (χ1) is 9.72. The van der Waals surface area contributed by atoms with Gasteiger partial charge in [-0.25, -0.2) is 0 Å².